The molecule has 5 nitrogen and oxygen atoms in total. The first-order valence-corrected chi connectivity index (χ1v) is 8.16. The highest BCUT2D eigenvalue weighted by Gasteiger charge is 2.29. The number of carbonyl (C=O) groups excluding carboxylic acids is 1. The van der Waals surface area contributed by atoms with Crippen molar-refractivity contribution < 1.29 is 32.6 Å². The number of carboxylic acid groups (broad SMARTS) is 1. The summed E-state index contributed by atoms with van der Waals surface area (Å²) in [6.45, 7) is 1.45. The molecule has 0 atom stereocenters. The quantitative estimate of drug-likeness (QED) is 0.724. The number of methoxy groups -OCH3 is 1. The second-order valence-electron chi connectivity index (χ2n) is 5.97. The van der Waals surface area contributed by atoms with Crippen molar-refractivity contribution in [1.29, 1.82) is 0 Å². The maximum absolute atomic E-state index is 12.6. The summed E-state index contributed by atoms with van der Waals surface area (Å²) in [6.07, 6.45) is -3.01. The summed E-state index contributed by atoms with van der Waals surface area (Å²) >= 11 is 0. The molecule has 0 spiro atoms. The summed E-state index contributed by atoms with van der Waals surface area (Å²) in [7, 11) is 1.39. The number of nitrogens with one attached hydrogen (secondary N) is 1. The van der Waals surface area contributed by atoms with Crippen LogP contribution < -0.4 is 10.1 Å². The van der Waals surface area contributed by atoms with Gasteiger partial charge in [0, 0.05) is 12.1 Å². The number of benzene rings is 2. The molecule has 0 bridgehead atoms. The molecule has 2 aromatic rings. The Labute approximate surface area is 159 Å². The Bertz CT molecular complexity index is 903. The molecule has 0 aromatic heterocycles. The topological polar surface area (TPSA) is 75.6 Å². The summed E-state index contributed by atoms with van der Waals surface area (Å²) in [5.74, 6) is -1.29. The standard InChI is InChI=1S/C20H18F3NO4/c1-12(19(26)27)9-14-5-8-17(28-2)16(10-14)18(25)24-11-13-3-6-15(7-4-13)20(21,22)23/h3-10H,11H2,1-2H3,(H,24,25)(H,26,27)/b12-9+. The summed E-state index contributed by atoms with van der Waals surface area (Å²) in [5.41, 5.74) is 0.513. The van der Waals surface area contributed by atoms with E-state index in [0.29, 0.717) is 11.1 Å². The summed E-state index contributed by atoms with van der Waals surface area (Å²) < 4.78 is 42.9. The van der Waals surface area contributed by atoms with E-state index in [4.69, 9.17) is 9.84 Å². The fourth-order valence-corrected chi connectivity index (χ4v) is 2.39. The first-order chi connectivity index (χ1) is 13.1. The normalized spacial score (nSPS) is 11.8. The second-order valence-corrected chi connectivity index (χ2v) is 5.97. The van der Waals surface area contributed by atoms with Crippen molar-refractivity contribution in [3.05, 3.63) is 70.3 Å². The fourth-order valence-electron chi connectivity index (χ4n) is 2.39. The molecule has 0 aliphatic carbocycles. The molecule has 0 heterocycles. The molecule has 28 heavy (non-hydrogen) atoms. The average Bonchev–Trinajstić information content (AvgIpc) is 2.65. The lowest BCUT2D eigenvalue weighted by atomic mass is 10.1. The Morgan fingerprint density at radius 3 is 2.32 bits per heavy atom. The Balaban J connectivity index is 2.16. The van der Waals surface area contributed by atoms with Gasteiger partial charge in [0.15, 0.2) is 0 Å². The van der Waals surface area contributed by atoms with Crippen LogP contribution in [0.2, 0.25) is 0 Å². The third kappa shape index (κ3) is 5.35. The Morgan fingerprint density at radius 1 is 1.14 bits per heavy atom. The summed E-state index contributed by atoms with van der Waals surface area (Å²) in [5, 5.41) is 11.6. The smallest absolute Gasteiger partial charge is 0.416 e. The van der Waals surface area contributed by atoms with Gasteiger partial charge in [-0.05, 0) is 48.4 Å². The van der Waals surface area contributed by atoms with Crippen LogP contribution in [0.4, 0.5) is 13.2 Å². The van der Waals surface area contributed by atoms with Gasteiger partial charge in [-0.25, -0.2) is 4.79 Å². The highest BCUT2D eigenvalue weighted by molar-refractivity contribution is 5.98. The van der Waals surface area contributed by atoms with Gasteiger partial charge < -0.3 is 15.2 Å². The van der Waals surface area contributed by atoms with Gasteiger partial charge in [-0.3, -0.25) is 4.79 Å². The van der Waals surface area contributed by atoms with E-state index in [1.807, 2.05) is 0 Å². The lowest BCUT2D eigenvalue weighted by Crippen LogP contribution is -2.23. The highest BCUT2D eigenvalue weighted by Crippen LogP contribution is 2.29. The monoisotopic (exact) mass is 393 g/mol. The minimum atomic E-state index is -4.42. The fraction of sp³-hybridized carbons (Fsp3) is 0.200. The summed E-state index contributed by atoms with van der Waals surface area (Å²) in [4.78, 5) is 23.4. The van der Waals surface area contributed by atoms with E-state index < -0.39 is 23.6 Å². The Morgan fingerprint density at radius 2 is 1.79 bits per heavy atom. The van der Waals surface area contributed by atoms with Crippen molar-refractivity contribution in [3.8, 4) is 5.75 Å². The van der Waals surface area contributed by atoms with E-state index in [-0.39, 0.29) is 23.4 Å². The maximum atomic E-state index is 12.6. The molecule has 0 unspecified atom stereocenters. The van der Waals surface area contributed by atoms with Gasteiger partial charge in [0.25, 0.3) is 5.91 Å². The number of hydrogen-bond acceptors (Lipinski definition) is 3. The SMILES string of the molecule is COc1ccc(/C=C(\C)C(=O)O)cc1C(=O)NCc1ccc(C(F)(F)F)cc1. The average molecular weight is 393 g/mol. The molecule has 8 heteroatoms. The maximum Gasteiger partial charge on any atom is 0.416 e. The first-order valence-electron chi connectivity index (χ1n) is 8.16. The molecule has 1 amide bonds. The van der Waals surface area contributed by atoms with Crippen molar-refractivity contribution >= 4 is 18.0 Å². The molecular formula is C20H18F3NO4. The van der Waals surface area contributed by atoms with Crippen molar-refractivity contribution in [2.45, 2.75) is 19.6 Å². The number of ether oxygens (including phenoxy) is 1. The highest BCUT2D eigenvalue weighted by atomic mass is 19.4. The number of aliphatic carboxylic acids is 1. The van der Waals surface area contributed by atoms with Crippen LogP contribution in [-0.2, 0) is 17.5 Å². The number of rotatable bonds is 6. The minimum Gasteiger partial charge on any atom is -0.496 e. The molecular weight excluding hydrogens is 375 g/mol. The first kappa shape index (κ1) is 21.0. The zero-order valence-corrected chi connectivity index (χ0v) is 15.1. The zero-order chi connectivity index (χ0) is 20.9. The van der Waals surface area contributed by atoms with Crippen molar-refractivity contribution in [2.24, 2.45) is 0 Å². The Hall–Kier alpha value is -3.29. The third-order valence-corrected chi connectivity index (χ3v) is 3.92. The predicted octanol–water partition coefficient (Wildman–Crippen LogP) is 4.13. The van der Waals surface area contributed by atoms with Gasteiger partial charge in [0.1, 0.15) is 5.75 Å². The lowest BCUT2D eigenvalue weighted by Gasteiger charge is -2.11. The van der Waals surface area contributed by atoms with Crippen molar-refractivity contribution in [2.75, 3.05) is 7.11 Å². The van der Waals surface area contributed by atoms with Crippen LogP contribution in [0.1, 0.15) is 34.0 Å². The molecule has 2 rings (SSSR count). The molecule has 0 saturated heterocycles. The van der Waals surface area contributed by atoms with E-state index in [9.17, 15) is 22.8 Å². The third-order valence-electron chi connectivity index (χ3n) is 3.92. The molecule has 2 aromatic carbocycles. The molecule has 0 radical (unpaired) electrons. The number of hydrogen-bond donors (Lipinski definition) is 2. The summed E-state index contributed by atoms with van der Waals surface area (Å²) in [6, 6.07) is 9.09. The van der Waals surface area contributed by atoms with Crippen LogP contribution in [-0.4, -0.2) is 24.1 Å². The molecule has 2 N–H and O–H groups in total. The largest absolute Gasteiger partial charge is 0.496 e. The number of halogens is 3. The van der Waals surface area contributed by atoms with E-state index in [1.54, 1.807) is 6.07 Å². The van der Waals surface area contributed by atoms with Crippen LogP contribution >= 0.6 is 0 Å². The zero-order valence-electron chi connectivity index (χ0n) is 15.1. The molecule has 0 aliphatic heterocycles. The van der Waals surface area contributed by atoms with Gasteiger partial charge in [-0.15, -0.1) is 0 Å². The molecule has 148 valence electrons. The van der Waals surface area contributed by atoms with Gasteiger partial charge in [-0.2, -0.15) is 13.2 Å². The van der Waals surface area contributed by atoms with Crippen LogP contribution in [0.3, 0.4) is 0 Å². The number of carbonyl (C=O) groups is 2. The minimum absolute atomic E-state index is 0.0222. The van der Waals surface area contributed by atoms with Crippen LogP contribution in [0.5, 0.6) is 5.75 Å². The van der Waals surface area contributed by atoms with Gasteiger partial charge >= 0.3 is 12.1 Å². The number of carboxylic acids is 1. The van der Waals surface area contributed by atoms with Crippen LogP contribution in [0, 0.1) is 0 Å². The Kier molecular flexibility index (Phi) is 6.45. The van der Waals surface area contributed by atoms with E-state index >= 15 is 0 Å². The number of alkyl halides is 3. The van der Waals surface area contributed by atoms with Gasteiger partial charge in [0.2, 0.25) is 0 Å². The van der Waals surface area contributed by atoms with Crippen molar-refractivity contribution in [3.63, 3.8) is 0 Å². The lowest BCUT2D eigenvalue weighted by molar-refractivity contribution is -0.137. The number of amides is 1. The van der Waals surface area contributed by atoms with Gasteiger partial charge in [0.05, 0.1) is 18.2 Å². The molecule has 0 saturated carbocycles. The van der Waals surface area contributed by atoms with E-state index in [1.165, 1.54) is 44.4 Å². The molecule has 0 fully saturated rings. The van der Waals surface area contributed by atoms with Crippen LogP contribution in [0.15, 0.2) is 48.0 Å². The van der Waals surface area contributed by atoms with Crippen molar-refractivity contribution in [1.82, 2.24) is 5.32 Å². The second kappa shape index (κ2) is 8.60. The van der Waals surface area contributed by atoms with Crippen LogP contribution in [0.25, 0.3) is 6.08 Å². The van der Waals surface area contributed by atoms with E-state index in [0.717, 1.165) is 12.1 Å². The predicted molar refractivity (Wildman–Crippen MR) is 96.9 cm³/mol. The van der Waals surface area contributed by atoms with E-state index in [2.05, 4.69) is 5.32 Å². The molecule has 0 aliphatic rings. The van der Waals surface area contributed by atoms with Gasteiger partial charge in [-0.1, -0.05) is 18.2 Å².